The Balaban J connectivity index is 2.30. The molecule has 0 fully saturated rings. The van der Waals surface area contributed by atoms with Crippen LogP contribution >= 0.6 is 11.6 Å². The van der Waals surface area contributed by atoms with Crippen LogP contribution in [0.2, 0.25) is 0 Å². The summed E-state index contributed by atoms with van der Waals surface area (Å²) in [5.74, 6) is 0.988. The van der Waals surface area contributed by atoms with Crippen LogP contribution in [0.4, 0.5) is 13.2 Å². The third-order valence-corrected chi connectivity index (χ3v) is 3.29. The number of fused-ring (bicyclic) bond motifs is 1. The van der Waals surface area contributed by atoms with Gasteiger partial charge in [-0.2, -0.15) is 13.2 Å². The molecule has 19 heavy (non-hydrogen) atoms. The summed E-state index contributed by atoms with van der Waals surface area (Å²) in [7, 11) is 1.86. The standard InChI is InChI=1S/C13H15ClF3NO/c1-18-7-9-6-10(13(15,16)17)2-3-12(9)19-11(8-18)4-5-14/h2-3,6,11H,4-5,7-8H2,1H3. The number of hydrogen-bond acceptors (Lipinski definition) is 2. The van der Waals surface area contributed by atoms with Crippen molar-refractivity contribution in [3.05, 3.63) is 29.3 Å². The van der Waals surface area contributed by atoms with Crippen LogP contribution in [-0.2, 0) is 12.7 Å². The Morgan fingerprint density at radius 3 is 2.79 bits per heavy atom. The Morgan fingerprint density at radius 2 is 2.16 bits per heavy atom. The quantitative estimate of drug-likeness (QED) is 0.774. The van der Waals surface area contributed by atoms with Gasteiger partial charge in [0.25, 0.3) is 0 Å². The molecule has 6 heteroatoms. The Bertz CT molecular complexity index is 450. The molecular weight excluding hydrogens is 279 g/mol. The van der Waals surface area contributed by atoms with Crippen LogP contribution < -0.4 is 4.74 Å². The van der Waals surface area contributed by atoms with Gasteiger partial charge < -0.3 is 4.74 Å². The number of halogens is 4. The second kappa shape index (κ2) is 5.59. The summed E-state index contributed by atoms with van der Waals surface area (Å²) in [6.45, 7) is 1.10. The Labute approximate surface area is 115 Å². The molecule has 106 valence electrons. The first-order chi connectivity index (χ1) is 8.90. The molecule has 0 spiro atoms. The maximum Gasteiger partial charge on any atom is 0.416 e. The first-order valence-corrected chi connectivity index (χ1v) is 6.55. The Hall–Kier alpha value is -0.940. The maximum absolute atomic E-state index is 12.7. The number of benzene rings is 1. The van der Waals surface area contributed by atoms with E-state index in [0.29, 0.717) is 36.7 Å². The molecule has 0 radical (unpaired) electrons. The van der Waals surface area contributed by atoms with Crippen LogP contribution in [0.1, 0.15) is 17.5 Å². The van der Waals surface area contributed by atoms with E-state index in [1.54, 1.807) is 0 Å². The molecule has 2 rings (SSSR count). The van der Waals surface area contributed by atoms with E-state index in [4.69, 9.17) is 16.3 Å². The molecule has 0 N–H and O–H groups in total. The monoisotopic (exact) mass is 293 g/mol. The predicted octanol–water partition coefficient (Wildman–Crippen LogP) is 3.53. The van der Waals surface area contributed by atoms with E-state index in [9.17, 15) is 13.2 Å². The smallest absolute Gasteiger partial charge is 0.416 e. The minimum Gasteiger partial charge on any atom is -0.489 e. The molecule has 0 aliphatic carbocycles. The van der Waals surface area contributed by atoms with Crippen molar-refractivity contribution in [3.63, 3.8) is 0 Å². The van der Waals surface area contributed by atoms with Gasteiger partial charge in [0.15, 0.2) is 0 Å². The minimum atomic E-state index is -4.32. The third kappa shape index (κ3) is 3.54. The highest BCUT2D eigenvalue weighted by Crippen LogP contribution is 2.34. The van der Waals surface area contributed by atoms with E-state index in [1.165, 1.54) is 6.07 Å². The Morgan fingerprint density at radius 1 is 1.42 bits per heavy atom. The molecule has 1 heterocycles. The zero-order valence-electron chi connectivity index (χ0n) is 10.5. The van der Waals surface area contributed by atoms with Crippen LogP contribution in [0.25, 0.3) is 0 Å². The van der Waals surface area contributed by atoms with Crippen LogP contribution in [0.3, 0.4) is 0 Å². The fraction of sp³-hybridized carbons (Fsp3) is 0.538. The lowest BCUT2D eigenvalue weighted by molar-refractivity contribution is -0.137. The molecule has 0 saturated carbocycles. The average molecular weight is 294 g/mol. The van der Waals surface area contributed by atoms with Crippen molar-refractivity contribution in [1.82, 2.24) is 4.90 Å². The number of hydrogen-bond donors (Lipinski definition) is 0. The van der Waals surface area contributed by atoms with Crippen molar-refractivity contribution in [2.45, 2.75) is 25.2 Å². The number of ether oxygens (including phenoxy) is 1. The number of likely N-dealkylation sites (N-methyl/N-ethyl adjacent to an activating group) is 1. The highest BCUT2D eigenvalue weighted by Gasteiger charge is 2.32. The van der Waals surface area contributed by atoms with Gasteiger partial charge in [-0.3, -0.25) is 4.90 Å². The summed E-state index contributed by atoms with van der Waals surface area (Å²) in [4.78, 5) is 1.95. The van der Waals surface area contributed by atoms with Crippen LogP contribution in [0.5, 0.6) is 5.75 Å². The summed E-state index contributed by atoms with van der Waals surface area (Å²) < 4.78 is 43.8. The normalized spacial score (nSPS) is 20.6. The zero-order valence-corrected chi connectivity index (χ0v) is 11.3. The summed E-state index contributed by atoms with van der Waals surface area (Å²) in [5, 5.41) is 0. The lowest BCUT2D eigenvalue weighted by Crippen LogP contribution is -2.30. The fourth-order valence-electron chi connectivity index (χ4n) is 2.19. The van der Waals surface area contributed by atoms with Gasteiger partial charge in [0.1, 0.15) is 11.9 Å². The van der Waals surface area contributed by atoms with Crippen molar-refractivity contribution in [2.24, 2.45) is 0 Å². The molecule has 0 aromatic heterocycles. The fourth-order valence-corrected chi connectivity index (χ4v) is 2.43. The van der Waals surface area contributed by atoms with Gasteiger partial charge in [0, 0.05) is 24.5 Å². The van der Waals surface area contributed by atoms with E-state index in [1.807, 2.05) is 11.9 Å². The molecule has 0 bridgehead atoms. The highest BCUT2D eigenvalue weighted by molar-refractivity contribution is 6.17. The van der Waals surface area contributed by atoms with E-state index >= 15 is 0 Å². The van der Waals surface area contributed by atoms with Crippen molar-refractivity contribution in [1.29, 1.82) is 0 Å². The molecule has 2 nitrogen and oxygen atoms in total. The molecule has 1 aromatic rings. The Kier molecular flexibility index (Phi) is 4.26. The maximum atomic E-state index is 12.7. The second-order valence-corrected chi connectivity index (χ2v) is 5.11. The average Bonchev–Trinajstić information content (AvgIpc) is 2.44. The lowest BCUT2D eigenvalue weighted by Gasteiger charge is -2.19. The lowest BCUT2D eigenvalue weighted by atomic mass is 10.1. The summed E-state index contributed by atoms with van der Waals surface area (Å²) in [6.07, 6.45) is -3.73. The molecule has 1 aliphatic rings. The number of rotatable bonds is 2. The van der Waals surface area contributed by atoms with Gasteiger partial charge in [0.05, 0.1) is 5.56 Å². The van der Waals surface area contributed by atoms with Crippen LogP contribution in [0.15, 0.2) is 18.2 Å². The molecule has 1 aromatic carbocycles. The molecule has 1 atom stereocenters. The van der Waals surface area contributed by atoms with E-state index < -0.39 is 11.7 Å². The van der Waals surface area contributed by atoms with Crippen molar-refractivity contribution >= 4 is 11.6 Å². The SMILES string of the molecule is CN1Cc2cc(C(F)(F)F)ccc2OC(CCCl)C1. The number of alkyl halides is 4. The van der Waals surface area contributed by atoms with Crippen LogP contribution in [0, 0.1) is 0 Å². The van der Waals surface area contributed by atoms with Gasteiger partial charge >= 0.3 is 6.18 Å². The van der Waals surface area contributed by atoms with Crippen molar-refractivity contribution < 1.29 is 17.9 Å². The van der Waals surface area contributed by atoms with Gasteiger partial charge in [0.2, 0.25) is 0 Å². The summed E-state index contributed by atoms with van der Waals surface area (Å²) in [5.41, 5.74) is -0.0755. The van der Waals surface area contributed by atoms with E-state index in [2.05, 4.69) is 0 Å². The first-order valence-electron chi connectivity index (χ1n) is 6.01. The minimum absolute atomic E-state index is 0.0829. The highest BCUT2D eigenvalue weighted by atomic mass is 35.5. The third-order valence-electron chi connectivity index (χ3n) is 3.07. The van der Waals surface area contributed by atoms with Gasteiger partial charge in [-0.25, -0.2) is 0 Å². The van der Waals surface area contributed by atoms with Gasteiger partial charge in [-0.1, -0.05) is 0 Å². The first kappa shape index (κ1) is 14.5. The molecule has 0 amide bonds. The predicted molar refractivity (Wildman–Crippen MR) is 67.5 cm³/mol. The van der Waals surface area contributed by atoms with Crippen molar-refractivity contribution in [2.75, 3.05) is 19.5 Å². The second-order valence-electron chi connectivity index (χ2n) is 4.73. The van der Waals surface area contributed by atoms with E-state index in [-0.39, 0.29) is 6.10 Å². The molecule has 1 unspecified atom stereocenters. The topological polar surface area (TPSA) is 12.5 Å². The summed E-state index contributed by atoms with van der Waals surface area (Å²) >= 11 is 5.70. The number of nitrogens with zero attached hydrogens (tertiary/aromatic N) is 1. The zero-order chi connectivity index (χ0) is 14.0. The molecule has 1 aliphatic heterocycles. The van der Waals surface area contributed by atoms with Gasteiger partial charge in [-0.15, -0.1) is 11.6 Å². The molecular formula is C13H15ClF3NO. The van der Waals surface area contributed by atoms with Crippen LogP contribution in [-0.4, -0.2) is 30.5 Å². The molecule has 0 saturated heterocycles. The largest absolute Gasteiger partial charge is 0.489 e. The van der Waals surface area contributed by atoms with Gasteiger partial charge in [-0.05, 0) is 31.7 Å². The summed E-state index contributed by atoms with van der Waals surface area (Å²) in [6, 6.07) is 3.62. The van der Waals surface area contributed by atoms with E-state index in [0.717, 1.165) is 12.1 Å². The van der Waals surface area contributed by atoms with Crippen molar-refractivity contribution in [3.8, 4) is 5.75 Å².